The van der Waals surface area contributed by atoms with E-state index in [1.807, 2.05) is 0 Å². The van der Waals surface area contributed by atoms with Crippen molar-refractivity contribution in [1.29, 1.82) is 0 Å². The average Bonchev–Trinajstić information content (AvgIpc) is 2.63. The van der Waals surface area contributed by atoms with E-state index in [1.54, 1.807) is 11.8 Å². The van der Waals surface area contributed by atoms with Gasteiger partial charge < -0.3 is 30.1 Å². The maximum Gasteiger partial charge on any atom is 0.255 e. The van der Waals surface area contributed by atoms with Crippen molar-refractivity contribution in [2.24, 2.45) is 0 Å². The number of hydrogen-bond donors (Lipinski definition) is 3. The molecule has 0 bridgehead atoms. The molecule has 3 N–H and O–H groups in total. The molecule has 9 nitrogen and oxygen atoms in total. The monoisotopic (exact) mass is 379 g/mol. The first-order chi connectivity index (χ1) is 12.8. The molecular weight excluding hydrogens is 354 g/mol. The van der Waals surface area contributed by atoms with Gasteiger partial charge in [0, 0.05) is 33.5 Å². The van der Waals surface area contributed by atoms with Crippen LogP contribution in [0.15, 0.2) is 12.1 Å². The minimum atomic E-state index is -0.452. The van der Waals surface area contributed by atoms with Gasteiger partial charge in [0.15, 0.2) is 11.5 Å². The molecule has 1 heterocycles. The molecule has 0 spiro atoms. The molecule has 0 aromatic heterocycles. The van der Waals surface area contributed by atoms with Crippen LogP contribution in [0.3, 0.4) is 0 Å². The zero-order chi connectivity index (χ0) is 20.0. The Morgan fingerprint density at radius 2 is 2.07 bits per heavy atom. The van der Waals surface area contributed by atoms with Crippen molar-refractivity contribution in [2.45, 2.75) is 26.9 Å². The Hall–Kier alpha value is -2.81. The second kappa shape index (κ2) is 9.22. The van der Waals surface area contributed by atoms with Gasteiger partial charge in [0.1, 0.15) is 0 Å². The van der Waals surface area contributed by atoms with Crippen LogP contribution in [0, 0.1) is 0 Å². The first-order valence-electron chi connectivity index (χ1n) is 8.75. The Kier molecular flexibility index (Phi) is 7.00. The molecule has 0 aliphatic carbocycles. The summed E-state index contributed by atoms with van der Waals surface area (Å²) in [4.78, 5) is 36.9. The number of carbonyl (C=O) groups excluding carboxylic acids is 3. The van der Waals surface area contributed by atoms with Crippen LogP contribution in [0.2, 0.25) is 0 Å². The van der Waals surface area contributed by atoms with Crippen molar-refractivity contribution in [1.82, 2.24) is 10.2 Å². The number of ether oxygens (including phenoxy) is 2. The van der Waals surface area contributed by atoms with Crippen LogP contribution < -0.4 is 15.4 Å². The van der Waals surface area contributed by atoms with Gasteiger partial charge in [0.2, 0.25) is 11.8 Å². The van der Waals surface area contributed by atoms with Crippen molar-refractivity contribution in [3.63, 3.8) is 0 Å². The lowest BCUT2D eigenvalue weighted by Crippen LogP contribution is -2.49. The molecule has 0 saturated carbocycles. The summed E-state index contributed by atoms with van der Waals surface area (Å²) >= 11 is 0. The van der Waals surface area contributed by atoms with Gasteiger partial charge in [-0.2, -0.15) is 0 Å². The lowest BCUT2D eigenvalue weighted by atomic mass is 10.1. The number of anilines is 1. The van der Waals surface area contributed by atoms with Crippen LogP contribution >= 0.6 is 0 Å². The van der Waals surface area contributed by atoms with Gasteiger partial charge in [-0.05, 0) is 19.1 Å². The fourth-order valence-corrected chi connectivity index (χ4v) is 2.76. The fourth-order valence-electron chi connectivity index (χ4n) is 2.76. The summed E-state index contributed by atoms with van der Waals surface area (Å²) in [5, 5.41) is 15.5. The van der Waals surface area contributed by atoms with E-state index < -0.39 is 5.91 Å². The summed E-state index contributed by atoms with van der Waals surface area (Å²) in [6.07, 6.45) is -0.311. The number of morpholine rings is 1. The molecule has 9 heteroatoms. The molecule has 1 atom stereocenters. The number of benzene rings is 1. The Morgan fingerprint density at radius 3 is 2.70 bits per heavy atom. The van der Waals surface area contributed by atoms with Gasteiger partial charge >= 0.3 is 0 Å². The van der Waals surface area contributed by atoms with E-state index in [0.29, 0.717) is 19.7 Å². The molecule has 0 radical (unpaired) electrons. The normalized spacial score (nSPS) is 16.6. The molecule has 148 valence electrons. The Labute approximate surface area is 157 Å². The predicted molar refractivity (Wildman–Crippen MR) is 97.9 cm³/mol. The highest BCUT2D eigenvalue weighted by Crippen LogP contribution is 2.37. The summed E-state index contributed by atoms with van der Waals surface area (Å²) in [6.45, 7) is 6.32. The smallest absolute Gasteiger partial charge is 0.255 e. The van der Waals surface area contributed by atoms with Gasteiger partial charge in [-0.25, -0.2) is 0 Å². The van der Waals surface area contributed by atoms with Crippen molar-refractivity contribution in [2.75, 3.05) is 38.2 Å². The average molecular weight is 379 g/mol. The van der Waals surface area contributed by atoms with Crippen LogP contribution in [0.5, 0.6) is 11.5 Å². The molecule has 1 saturated heterocycles. The summed E-state index contributed by atoms with van der Waals surface area (Å²) < 4.78 is 11.0. The number of hydrogen-bond acceptors (Lipinski definition) is 6. The topological polar surface area (TPSA) is 117 Å². The van der Waals surface area contributed by atoms with Crippen molar-refractivity contribution in [3.8, 4) is 11.5 Å². The number of nitrogens with zero attached hydrogens (tertiary/aromatic N) is 1. The molecule has 1 fully saturated rings. The number of phenolic OH excluding ortho intramolecular Hbond substituents is 1. The summed E-state index contributed by atoms with van der Waals surface area (Å²) in [5.41, 5.74) is 0.304. The van der Waals surface area contributed by atoms with Gasteiger partial charge in [0.05, 0.1) is 30.6 Å². The summed E-state index contributed by atoms with van der Waals surface area (Å²) in [5.74, 6) is -1.15. The molecule has 2 rings (SSSR count). The third-order valence-corrected chi connectivity index (χ3v) is 4.05. The SMILES string of the molecule is CCOc1c(C(=O)NCC2CN(C(C)=O)CCO2)ccc(NC(C)=O)c1O. The Balaban J connectivity index is 2.09. The van der Waals surface area contributed by atoms with Crippen LogP contribution in [0.1, 0.15) is 31.1 Å². The van der Waals surface area contributed by atoms with E-state index >= 15 is 0 Å². The van der Waals surface area contributed by atoms with Gasteiger partial charge in [-0.3, -0.25) is 14.4 Å². The molecule has 1 aromatic rings. The highest BCUT2D eigenvalue weighted by Gasteiger charge is 2.24. The van der Waals surface area contributed by atoms with Crippen molar-refractivity contribution < 1.29 is 29.0 Å². The molecule has 1 aliphatic rings. The van der Waals surface area contributed by atoms with Crippen molar-refractivity contribution >= 4 is 23.4 Å². The molecule has 1 unspecified atom stereocenters. The molecule has 3 amide bonds. The first-order valence-corrected chi connectivity index (χ1v) is 8.75. The summed E-state index contributed by atoms with van der Waals surface area (Å²) in [6, 6.07) is 2.90. The zero-order valence-corrected chi connectivity index (χ0v) is 15.7. The highest BCUT2D eigenvalue weighted by molar-refractivity contribution is 6.00. The standard InChI is InChI=1S/C18H25N3O6/c1-4-26-17-14(5-6-15(16(17)24)20-11(2)22)18(25)19-9-13-10-21(12(3)23)7-8-27-13/h5-6,13,24H,4,7-10H2,1-3H3,(H,19,25)(H,20,22). The Bertz CT molecular complexity index is 721. The molecule has 1 aliphatic heterocycles. The van der Waals surface area contributed by atoms with E-state index in [9.17, 15) is 19.5 Å². The molecular formula is C18H25N3O6. The predicted octanol–water partition coefficient (Wildman–Crippen LogP) is 0.726. The number of rotatable bonds is 6. The van der Waals surface area contributed by atoms with Crippen LogP contribution in [-0.2, 0) is 14.3 Å². The van der Waals surface area contributed by atoms with Crippen LogP contribution in [0.4, 0.5) is 5.69 Å². The van der Waals surface area contributed by atoms with E-state index in [4.69, 9.17) is 9.47 Å². The quantitative estimate of drug-likeness (QED) is 0.627. The molecule has 27 heavy (non-hydrogen) atoms. The lowest BCUT2D eigenvalue weighted by molar-refractivity contribution is -0.136. The van der Waals surface area contributed by atoms with Gasteiger partial charge in [0.25, 0.3) is 5.91 Å². The second-order valence-corrected chi connectivity index (χ2v) is 6.12. The largest absolute Gasteiger partial charge is 0.503 e. The Morgan fingerprint density at radius 1 is 1.33 bits per heavy atom. The number of nitrogens with one attached hydrogen (secondary N) is 2. The van der Waals surface area contributed by atoms with Gasteiger partial charge in [-0.1, -0.05) is 0 Å². The lowest BCUT2D eigenvalue weighted by Gasteiger charge is -2.32. The maximum atomic E-state index is 12.6. The van der Waals surface area contributed by atoms with Crippen molar-refractivity contribution in [3.05, 3.63) is 17.7 Å². The zero-order valence-electron chi connectivity index (χ0n) is 15.7. The third-order valence-electron chi connectivity index (χ3n) is 4.05. The first kappa shape index (κ1) is 20.5. The number of amides is 3. The van der Waals surface area contributed by atoms with Gasteiger partial charge in [-0.15, -0.1) is 0 Å². The fraction of sp³-hybridized carbons (Fsp3) is 0.500. The minimum absolute atomic E-state index is 0.00354. The number of aromatic hydroxyl groups is 1. The van der Waals surface area contributed by atoms with E-state index in [1.165, 1.54) is 26.0 Å². The van der Waals surface area contributed by atoms with Crippen LogP contribution in [0.25, 0.3) is 0 Å². The van der Waals surface area contributed by atoms with E-state index in [2.05, 4.69) is 10.6 Å². The van der Waals surface area contributed by atoms with E-state index in [-0.39, 0.29) is 53.8 Å². The van der Waals surface area contributed by atoms with Crippen LogP contribution in [-0.4, -0.2) is 66.7 Å². The number of phenols is 1. The summed E-state index contributed by atoms with van der Waals surface area (Å²) in [7, 11) is 0. The minimum Gasteiger partial charge on any atom is -0.503 e. The van der Waals surface area contributed by atoms with E-state index in [0.717, 1.165) is 0 Å². The molecule has 1 aromatic carbocycles. The number of carbonyl (C=O) groups is 3. The second-order valence-electron chi connectivity index (χ2n) is 6.12. The maximum absolute atomic E-state index is 12.6. The third kappa shape index (κ3) is 5.33. The highest BCUT2D eigenvalue weighted by atomic mass is 16.5.